The zero-order chi connectivity index (χ0) is 25.8. The zero-order valence-electron chi connectivity index (χ0n) is 21.8. The van der Waals surface area contributed by atoms with Crippen molar-refractivity contribution < 1.29 is 33.5 Å². The molecule has 0 saturated carbocycles. The molecule has 210 valence electrons. The van der Waals surface area contributed by atoms with E-state index in [1.54, 1.807) is 0 Å². The molecule has 40 heavy (non-hydrogen) atoms. The van der Waals surface area contributed by atoms with Gasteiger partial charge in [0.25, 0.3) is 0 Å². The minimum atomic E-state index is -1.05. The summed E-state index contributed by atoms with van der Waals surface area (Å²) in [5, 5.41) is 0. The normalized spacial score (nSPS) is 10.5. The SMILES string of the molecule is Cl.Cl.c1cc[c]([Pd]([c]2ccccc2)[c]2ccccc2)cc1.c1cc[c]([Pd]([c]2ccccc2)[c]2ccccc2)cc1. The van der Waals surface area contributed by atoms with Gasteiger partial charge in [-0.25, -0.2) is 0 Å². The van der Waals surface area contributed by atoms with E-state index in [1.807, 2.05) is 0 Å². The fourth-order valence-electron chi connectivity index (χ4n) is 3.68. The Morgan fingerprint density at radius 1 is 0.200 bits per heavy atom. The molecular weight excluding hydrogens is 716 g/mol. The van der Waals surface area contributed by atoms with Gasteiger partial charge < -0.3 is 0 Å². The van der Waals surface area contributed by atoms with E-state index in [2.05, 4.69) is 182 Å². The molecule has 4 heteroatoms. The van der Waals surface area contributed by atoms with Crippen LogP contribution in [0.3, 0.4) is 0 Å². The van der Waals surface area contributed by atoms with Crippen molar-refractivity contribution in [3.8, 4) is 0 Å². The van der Waals surface area contributed by atoms with E-state index in [1.165, 1.54) is 24.2 Å². The molecule has 0 heterocycles. The molecule has 0 spiro atoms. The van der Waals surface area contributed by atoms with Crippen molar-refractivity contribution in [1.82, 2.24) is 0 Å². The quantitative estimate of drug-likeness (QED) is 0.184. The van der Waals surface area contributed by atoms with Crippen LogP contribution < -0.4 is 24.2 Å². The summed E-state index contributed by atoms with van der Waals surface area (Å²) in [5.74, 6) is 0. The maximum absolute atomic E-state index is 2.25. The summed E-state index contributed by atoms with van der Waals surface area (Å²) in [6.07, 6.45) is 0. The molecule has 6 rings (SSSR count). The Balaban J connectivity index is 0.000000210. The van der Waals surface area contributed by atoms with Crippen molar-refractivity contribution in [2.24, 2.45) is 0 Å². The first-order chi connectivity index (χ1) is 18.9. The van der Waals surface area contributed by atoms with Crippen molar-refractivity contribution >= 4 is 49.0 Å². The number of benzene rings is 6. The van der Waals surface area contributed by atoms with Gasteiger partial charge in [0, 0.05) is 0 Å². The van der Waals surface area contributed by atoms with E-state index < -0.39 is 33.5 Å². The Morgan fingerprint density at radius 3 is 0.450 bits per heavy atom. The van der Waals surface area contributed by atoms with Crippen molar-refractivity contribution in [3.05, 3.63) is 182 Å². The standard InChI is InChI=1S/6C6H5.2ClH.2Pd/c6*1-2-4-6-5-3-1;;;;/h6*1-5H;2*1H;;. The van der Waals surface area contributed by atoms with E-state index in [4.69, 9.17) is 0 Å². The van der Waals surface area contributed by atoms with Gasteiger partial charge in [0.05, 0.1) is 0 Å². The Hall–Kier alpha value is -2.78. The Morgan fingerprint density at radius 2 is 0.325 bits per heavy atom. The first-order valence-electron chi connectivity index (χ1n) is 12.4. The van der Waals surface area contributed by atoms with Gasteiger partial charge in [0.2, 0.25) is 0 Å². The van der Waals surface area contributed by atoms with Crippen molar-refractivity contribution in [1.29, 1.82) is 0 Å². The van der Waals surface area contributed by atoms with Crippen molar-refractivity contribution in [3.63, 3.8) is 0 Å². The Kier molecular flexibility index (Phi) is 13.6. The van der Waals surface area contributed by atoms with Crippen LogP contribution in [-0.2, 0) is 33.5 Å². The maximum atomic E-state index is 2.25. The third-order valence-electron chi connectivity index (χ3n) is 5.37. The first-order valence-corrected chi connectivity index (χ1v) is 17.1. The molecule has 0 unspecified atom stereocenters. The van der Waals surface area contributed by atoms with Crippen LogP contribution in [0.1, 0.15) is 0 Å². The second-order valence-corrected chi connectivity index (χ2v) is 15.8. The molecule has 0 amide bonds. The summed E-state index contributed by atoms with van der Waals surface area (Å²) in [6.45, 7) is 0. The van der Waals surface area contributed by atoms with Crippen LogP contribution in [0.2, 0.25) is 0 Å². The van der Waals surface area contributed by atoms with Crippen LogP contribution in [0.4, 0.5) is 0 Å². The zero-order valence-corrected chi connectivity index (χ0v) is 26.5. The van der Waals surface area contributed by atoms with Gasteiger partial charge >= 0.3 is 240 Å². The van der Waals surface area contributed by atoms with E-state index >= 15 is 0 Å². The Bertz CT molecular complexity index is 1180. The third kappa shape index (κ3) is 8.61. The van der Waals surface area contributed by atoms with Gasteiger partial charge in [0.15, 0.2) is 0 Å². The van der Waals surface area contributed by atoms with Gasteiger partial charge in [-0.05, 0) is 0 Å². The summed E-state index contributed by atoms with van der Waals surface area (Å²) in [4.78, 5) is 0. The number of halogens is 2. The summed E-state index contributed by atoms with van der Waals surface area (Å²) >= 11 is -2.10. The minimum absolute atomic E-state index is 0. The monoisotopic (exact) mass is 746 g/mol. The van der Waals surface area contributed by atoms with E-state index in [0.29, 0.717) is 0 Å². The van der Waals surface area contributed by atoms with Gasteiger partial charge in [-0.3, -0.25) is 0 Å². The number of hydrogen-bond acceptors (Lipinski definition) is 0. The van der Waals surface area contributed by atoms with Crippen molar-refractivity contribution in [2.45, 2.75) is 0 Å². The van der Waals surface area contributed by atoms with E-state index in [-0.39, 0.29) is 24.8 Å². The fraction of sp³-hybridized carbons (Fsp3) is 0. The summed E-state index contributed by atoms with van der Waals surface area (Å²) in [5.41, 5.74) is 0. The predicted molar refractivity (Wildman–Crippen MR) is 171 cm³/mol. The molecule has 0 aliphatic carbocycles. The van der Waals surface area contributed by atoms with Gasteiger partial charge in [-0.2, -0.15) is 0 Å². The van der Waals surface area contributed by atoms with Gasteiger partial charge in [0.1, 0.15) is 0 Å². The molecule has 0 saturated heterocycles. The summed E-state index contributed by atoms with van der Waals surface area (Å²) < 4.78 is 8.70. The van der Waals surface area contributed by atoms with Crippen LogP contribution in [0.5, 0.6) is 0 Å². The van der Waals surface area contributed by atoms with E-state index in [0.717, 1.165) is 0 Å². The molecular formula is C36H32Cl2Pd2. The number of hydrogen-bond donors (Lipinski definition) is 0. The summed E-state index contributed by atoms with van der Waals surface area (Å²) in [7, 11) is 0. The first kappa shape index (κ1) is 31.7. The molecule has 0 aromatic heterocycles. The number of rotatable bonds is 6. The third-order valence-corrected chi connectivity index (χ3v) is 13.9. The molecule has 0 atom stereocenters. The average molecular weight is 748 g/mol. The van der Waals surface area contributed by atoms with Gasteiger partial charge in [-0.1, -0.05) is 0 Å². The molecule has 0 nitrogen and oxygen atoms in total. The fourth-order valence-corrected chi connectivity index (χ4v) is 11.7. The van der Waals surface area contributed by atoms with Crippen LogP contribution in [-0.4, -0.2) is 0 Å². The average Bonchev–Trinajstić information content (AvgIpc) is 3.01. The van der Waals surface area contributed by atoms with E-state index in [9.17, 15) is 0 Å². The summed E-state index contributed by atoms with van der Waals surface area (Å²) in [6, 6.07) is 65.1. The molecule has 0 bridgehead atoms. The predicted octanol–water partition coefficient (Wildman–Crippen LogP) is 6.01. The Labute approximate surface area is 262 Å². The molecule has 0 N–H and O–H groups in total. The second-order valence-electron chi connectivity index (χ2n) is 8.03. The van der Waals surface area contributed by atoms with Crippen molar-refractivity contribution in [2.75, 3.05) is 0 Å². The van der Waals surface area contributed by atoms with Crippen LogP contribution in [0, 0.1) is 0 Å². The molecule has 6 aromatic carbocycles. The molecule has 0 aliphatic rings. The van der Waals surface area contributed by atoms with Crippen LogP contribution in [0.15, 0.2) is 182 Å². The molecule has 0 radical (unpaired) electrons. The topological polar surface area (TPSA) is 0 Å². The second kappa shape index (κ2) is 17.1. The van der Waals surface area contributed by atoms with Gasteiger partial charge in [-0.15, -0.1) is 24.8 Å². The van der Waals surface area contributed by atoms with Crippen LogP contribution >= 0.6 is 24.8 Å². The molecule has 0 fully saturated rings. The molecule has 0 aliphatic heterocycles. The molecule has 6 aromatic rings. The van der Waals surface area contributed by atoms with Crippen LogP contribution in [0.25, 0.3) is 0 Å².